The van der Waals surface area contributed by atoms with E-state index < -0.39 is 0 Å². The monoisotopic (exact) mass is 436 g/mol. The number of aliphatic imine (C=N–C) groups is 1. The Bertz CT molecular complexity index is 454. The Morgan fingerprint density at radius 1 is 1.30 bits per heavy atom. The molecule has 0 fully saturated rings. The van der Waals surface area contributed by atoms with Crippen molar-refractivity contribution in [3.8, 4) is 0 Å². The van der Waals surface area contributed by atoms with Gasteiger partial charge < -0.3 is 10.6 Å². The van der Waals surface area contributed by atoms with Crippen LogP contribution in [-0.4, -0.2) is 23.5 Å². The van der Waals surface area contributed by atoms with Crippen molar-refractivity contribution in [2.45, 2.75) is 65.5 Å². The van der Waals surface area contributed by atoms with E-state index in [4.69, 9.17) is 0 Å². The lowest BCUT2D eigenvalue weighted by Crippen LogP contribution is -2.42. The molecular formula is C17H30FIN4. The van der Waals surface area contributed by atoms with Gasteiger partial charge >= 0.3 is 0 Å². The number of nitrogens with zero attached hydrogens (tertiary/aromatic N) is 2. The summed E-state index contributed by atoms with van der Waals surface area (Å²) in [5.41, 5.74) is 0.371. The summed E-state index contributed by atoms with van der Waals surface area (Å²) in [5, 5.41) is 6.57. The zero-order valence-corrected chi connectivity index (χ0v) is 16.8. The van der Waals surface area contributed by atoms with Gasteiger partial charge in [0.05, 0.1) is 12.2 Å². The van der Waals surface area contributed by atoms with Crippen molar-refractivity contribution in [3.63, 3.8) is 0 Å². The molecule has 0 aliphatic heterocycles. The second kappa shape index (κ2) is 13.5. The van der Waals surface area contributed by atoms with Crippen LogP contribution in [-0.2, 0) is 6.54 Å². The second-order valence-corrected chi connectivity index (χ2v) is 5.52. The summed E-state index contributed by atoms with van der Waals surface area (Å²) in [7, 11) is 0. The first-order chi connectivity index (χ1) is 10.7. The molecule has 4 nitrogen and oxygen atoms in total. The summed E-state index contributed by atoms with van der Waals surface area (Å²) in [6, 6.07) is 3.35. The fourth-order valence-corrected chi connectivity index (χ4v) is 2.19. The Morgan fingerprint density at radius 2 is 2.09 bits per heavy atom. The molecule has 132 valence electrons. The number of unbranched alkanes of at least 4 members (excludes halogenated alkanes) is 3. The largest absolute Gasteiger partial charge is 0.357 e. The SMILES string of the molecule is CCCCCCC(C)NC(=NCc1ncccc1F)NCC.I. The number of halogens is 2. The highest BCUT2D eigenvalue weighted by molar-refractivity contribution is 14.0. The summed E-state index contributed by atoms with van der Waals surface area (Å²) >= 11 is 0. The molecule has 0 aliphatic rings. The average Bonchev–Trinajstić information content (AvgIpc) is 2.51. The van der Waals surface area contributed by atoms with Crippen molar-refractivity contribution >= 4 is 29.9 Å². The van der Waals surface area contributed by atoms with Crippen LogP contribution in [0.1, 0.15) is 58.6 Å². The highest BCUT2D eigenvalue weighted by atomic mass is 127. The molecule has 0 saturated heterocycles. The third kappa shape index (κ3) is 9.73. The normalized spacial score (nSPS) is 12.4. The highest BCUT2D eigenvalue weighted by Gasteiger charge is 2.06. The third-order valence-corrected chi connectivity index (χ3v) is 3.44. The van der Waals surface area contributed by atoms with Crippen molar-refractivity contribution in [2.24, 2.45) is 4.99 Å². The maximum Gasteiger partial charge on any atom is 0.191 e. The molecule has 0 bridgehead atoms. The molecular weight excluding hydrogens is 406 g/mol. The molecule has 2 N–H and O–H groups in total. The van der Waals surface area contributed by atoms with Gasteiger partial charge in [0.25, 0.3) is 0 Å². The summed E-state index contributed by atoms with van der Waals surface area (Å²) in [6.45, 7) is 7.41. The molecule has 1 aromatic heterocycles. The smallest absolute Gasteiger partial charge is 0.191 e. The molecule has 1 aromatic rings. The minimum Gasteiger partial charge on any atom is -0.357 e. The summed E-state index contributed by atoms with van der Waals surface area (Å²) in [6.07, 6.45) is 7.74. The van der Waals surface area contributed by atoms with Crippen LogP contribution in [0.5, 0.6) is 0 Å². The van der Waals surface area contributed by atoms with Gasteiger partial charge in [0, 0.05) is 18.8 Å². The van der Waals surface area contributed by atoms with E-state index in [0.29, 0.717) is 11.7 Å². The van der Waals surface area contributed by atoms with Gasteiger partial charge in [-0.25, -0.2) is 9.38 Å². The minimum atomic E-state index is -0.310. The van der Waals surface area contributed by atoms with Crippen LogP contribution in [0.3, 0.4) is 0 Å². The Hall–Kier alpha value is -0.920. The van der Waals surface area contributed by atoms with E-state index >= 15 is 0 Å². The first kappa shape index (κ1) is 22.1. The number of rotatable bonds is 9. The number of hydrogen-bond acceptors (Lipinski definition) is 2. The van der Waals surface area contributed by atoms with E-state index in [1.807, 2.05) is 6.92 Å². The number of pyridine rings is 1. The van der Waals surface area contributed by atoms with Crippen molar-refractivity contribution < 1.29 is 4.39 Å². The van der Waals surface area contributed by atoms with E-state index in [0.717, 1.165) is 18.9 Å². The second-order valence-electron chi connectivity index (χ2n) is 5.52. The Morgan fingerprint density at radius 3 is 2.74 bits per heavy atom. The lowest BCUT2D eigenvalue weighted by atomic mass is 10.1. The zero-order valence-electron chi connectivity index (χ0n) is 14.4. The molecule has 0 saturated carbocycles. The molecule has 1 atom stereocenters. The van der Waals surface area contributed by atoms with Crippen LogP contribution in [0.4, 0.5) is 4.39 Å². The summed E-state index contributed by atoms with van der Waals surface area (Å²) in [5.74, 6) is 0.408. The van der Waals surface area contributed by atoms with E-state index in [-0.39, 0.29) is 36.3 Å². The number of guanidine groups is 1. The maximum absolute atomic E-state index is 13.6. The molecule has 1 rings (SSSR count). The fraction of sp³-hybridized carbons (Fsp3) is 0.647. The van der Waals surface area contributed by atoms with Gasteiger partial charge in [-0.2, -0.15) is 0 Å². The van der Waals surface area contributed by atoms with Crippen LogP contribution < -0.4 is 10.6 Å². The van der Waals surface area contributed by atoms with Crippen molar-refractivity contribution in [2.75, 3.05) is 6.54 Å². The molecule has 0 amide bonds. The summed E-state index contributed by atoms with van der Waals surface area (Å²) < 4.78 is 13.6. The molecule has 23 heavy (non-hydrogen) atoms. The number of hydrogen-bond donors (Lipinski definition) is 2. The summed E-state index contributed by atoms with van der Waals surface area (Å²) in [4.78, 5) is 8.44. The van der Waals surface area contributed by atoms with E-state index in [9.17, 15) is 4.39 Å². The van der Waals surface area contributed by atoms with E-state index in [1.54, 1.807) is 12.3 Å². The topological polar surface area (TPSA) is 49.3 Å². The molecule has 6 heteroatoms. The molecule has 0 aliphatic carbocycles. The standard InChI is InChI=1S/C17H29FN4.HI/c1-4-6-7-8-10-14(3)22-17(19-5-2)21-13-16-15(18)11-9-12-20-16;/h9,11-12,14H,4-8,10,13H2,1-3H3,(H2,19,21,22);1H. The van der Waals surface area contributed by atoms with Gasteiger partial charge in [-0.05, 0) is 32.4 Å². The third-order valence-electron chi connectivity index (χ3n) is 3.44. The lowest BCUT2D eigenvalue weighted by molar-refractivity contribution is 0.536. The van der Waals surface area contributed by atoms with Crippen molar-refractivity contribution in [1.82, 2.24) is 15.6 Å². The Labute approximate surface area is 156 Å². The zero-order chi connectivity index (χ0) is 16.2. The quantitative estimate of drug-likeness (QED) is 0.263. The molecule has 1 heterocycles. The number of nitrogens with one attached hydrogen (secondary N) is 2. The predicted molar refractivity (Wildman–Crippen MR) is 106 cm³/mol. The van der Waals surface area contributed by atoms with Gasteiger partial charge in [0.1, 0.15) is 5.82 Å². The average molecular weight is 436 g/mol. The predicted octanol–water partition coefficient (Wildman–Crippen LogP) is 4.25. The maximum atomic E-state index is 13.6. The fourth-order valence-electron chi connectivity index (χ4n) is 2.19. The van der Waals surface area contributed by atoms with Gasteiger partial charge in [0.15, 0.2) is 5.96 Å². The van der Waals surface area contributed by atoms with Crippen molar-refractivity contribution in [1.29, 1.82) is 0 Å². The van der Waals surface area contributed by atoms with E-state index in [2.05, 4.69) is 34.5 Å². The van der Waals surface area contributed by atoms with Gasteiger partial charge in [-0.3, -0.25) is 4.98 Å². The van der Waals surface area contributed by atoms with Crippen LogP contribution >= 0.6 is 24.0 Å². The molecule has 0 aromatic carbocycles. The first-order valence-corrected chi connectivity index (χ1v) is 8.31. The van der Waals surface area contributed by atoms with Crippen LogP contribution in [0, 0.1) is 5.82 Å². The van der Waals surface area contributed by atoms with Crippen LogP contribution in [0.15, 0.2) is 23.3 Å². The van der Waals surface area contributed by atoms with E-state index in [1.165, 1.54) is 31.7 Å². The molecule has 0 radical (unpaired) electrons. The van der Waals surface area contributed by atoms with Gasteiger partial charge in [0.2, 0.25) is 0 Å². The Kier molecular flexibility index (Phi) is 13.0. The minimum absolute atomic E-state index is 0. The molecule has 1 unspecified atom stereocenters. The first-order valence-electron chi connectivity index (χ1n) is 8.31. The van der Waals surface area contributed by atoms with Crippen molar-refractivity contribution in [3.05, 3.63) is 29.8 Å². The van der Waals surface area contributed by atoms with Gasteiger partial charge in [-0.15, -0.1) is 24.0 Å². The Balaban J connectivity index is 0.00000484. The van der Waals surface area contributed by atoms with Crippen LogP contribution in [0.2, 0.25) is 0 Å². The van der Waals surface area contributed by atoms with Gasteiger partial charge in [-0.1, -0.05) is 32.6 Å². The number of aromatic nitrogens is 1. The lowest BCUT2D eigenvalue weighted by Gasteiger charge is -2.17. The molecule has 0 spiro atoms. The highest BCUT2D eigenvalue weighted by Crippen LogP contribution is 2.06. The van der Waals surface area contributed by atoms with Crippen LogP contribution in [0.25, 0.3) is 0 Å².